The lowest BCUT2D eigenvalue weighted by Gasteiger charge is -2.02. The molecule has 0 aromatic heterocycles. The minimum absolute atomic E-state index is 0.284. The van der Waals surface area contributed by atoms with Crippen LogP contribution >= 0.6 is 11.6 Å². The van der Waals surface area contributed by atoms with Crippen molar-refractivity contribution in [2.24, 2.45) is 0 Å². The molecule has 1 heterocycles. The van der Waals surface area contributed by atoms with Crippen LogP contribution in [0.3, 0.4) is 0 Å². The van der Waals surface area contributed by atoms with Gasteiger partial charge >= 0.3 is 0 Å². The maximum Gasteiger partial charge on any atom is 0.0759 e. The third kappa shape index (κ3) is 2.37. The van der Waals surface area contributed by atoms with Gasteiger partial charge in [-0.25, -0.2) is 0 Å². The lowest BCUT2D eigenvalue weighted by Crippen LogP contribution is -1.98. The van der Waals surface area contributed by atoms with Crippen molar-refractivity contribution in [3.8, 4) is 0 Å². The zero-order valence-electron chi connectivity index (χ0n) is 7.95. The lowest BCUT2D eigenvalue weighted by molar-refractivity contribution is 0.146. The van der Waals surface area contributed by atoms with E-state index in [9.17, 15) is 0 Å². The van der Waals surface area contributed by atoms with Gasteiger partial charge in [0.2, 0.25) is 0 Å². The van der Waals surface area contributed by atoms with Crippen LogP contribution in [0.2, 0.25) is 5.02 Å². The highest BCUT2D eigenvalue weighted by molar-refractivity contribution is 6.32. The molecule has 2 rings (SSSR count). The summed E-state index contributed by atoms with van der Waals surface area (Å²) >= 11 is 6.02. The van der Waals surface area contributed by atoms with E-state index in [4.69, 9.17) is 16.3 Å². The van der Waals surface area contributed by atoms with E-state index in [1.54, 1.807) is 0 Å². The molecular formula is C12H13ClO. The van der Waals surface area contributed by atoms with Crippen LogP contribution in [0.5, 0.6) is 0 Å². The molecule has 1 atom stereocenters. The van der Waals surface area contributed by atoms with Gasteiger partial charge in [-0.15, -0.1) is 0 Å². The smallest absolute Gasteiger partial charge is 0.0759 e. The topological polar surface area (TPSA) is 9.23 Å². The maximum atomic E-state index is 6.02. The lowest BCUT2D eigenvalue weighted by atomic mass is 10.1. The summed E-state index contributed by atoms with van der Waals surface area (Å²) in [6.07, 6.45) is 6.71. The van der Waals surface area contributed by atoms with Crippen molar-refractivity contribution < 1.29 is 4.74 Å². The SMILES string of the molecule is Clc1ccccc1C=CC1CCCO1. The maximum absolute atomic E-state index is 6.02. The molecule has 0 aliphatic carbocycles. The largest absolute Gasteiger partial charge is 0.374 e. The Labute approximate surface area is 89.3 Å². The molecule has 0 radical (unpaired) electrons. The first kappa shape index (κ1) is 9.75. The Balaban J connectivity index is 2.06. The first-order valence-corrected chi connectivity index (χ1v) is 5.28. The number of hydrogen-bond donors (Lipinski definition) is 0. The highest BCUT2D eigenvalue weighted by Crippen LogP contribution is 2.19. The van der Waals surface area contributed by atoms with Gasteiger partial charge in [-0.2, -0.15) is 0 Å². The molecule has 0 N–H and O–H groups in total. The molecule has 1 saturated heterocycles. The Hall–Kier alpha value is -0.790. The first-order chi connectivity index (χ1) is 6.86. The second-order valence-corrected chi connectivity index (χ2v) is 3.84. The zero-order chi connectivity index (χ0) is 9.80. The molecule has 0 bridgehead atoms. The number of hydrogen-bond acceptors (Lipinski definition) is 1. The molecule has 1 aliphatic rings. The summed E-state index contributed by atoms with van der Waals surface area (Å²) < 4.78 is 5.48. The fourth-order valence-corrected chi connectivity index (χ4v) is 1.77. The van der Waals surface area contributed by atoms with E-state index in [1.807, 2.05) is 30.3 Å². The van der Waals surface area contributed by atoms with E-state index in [0.717, 1.165) is 30.0 Å². The van der Waals surface area contributed by atoms with Crippen molar-refractivity contribution in [1.29, 1.82) is 0 Å². The first-order valence-electron chi connectivity index (χ1n) is 4.90. The molecule has 74 valence electrons. The third-order valence-corrected chi connectivity index (χ3v) is 2.70. The van der Waals surface area contributed by atoms with Crippen LogP contribution in [0.1, 0.15) is 18.4 Å². The average molecular weight is 209 g/mol. The normalized spacial score (nSPS) is 21.9. The predicted octanol–water partition coefficient (Wildman–Crippen LogP) is 3.53. The van der Waals surface area contributed by atoms with Crippen molar-refractivity contribution in [1.82, 2.24) is 0 Å². The molecule has 1 fully saturated rings. The highest BCUT2D eigenvalue weighted by Gasteiger charge is 2.11. The third-order valence-electron chi connectivity index (χ3n) is 2.36. The summed E-state index contributed by atoms with van der Waals surface area (Å²) in [5, 5.41) is 0.793. The number of rotatable bonds is 2. The van der Waals surface area contributed by atoms with Crippen LogP contribution in [0, 0.1) is 0 Å². The van der Waals surface area contributed by atoms with Crippen molar-refractivity contribution >= 4 is 17.7 Å². The van der Waals surface area contributed by atoms with Crippen molar-refractivity contribution in [3.63, 3.8) is 0 Å². The fourth-order valence-electron chi connectivity index (χ4n) is 1.58. The van der Waals surface area contributed by atoms with E-state index in [1.165, 1.54) is 0 Å². The van der Waals surface area contributed by atoms with E-state index in [2.05, 4.69) is 6.08 Å². The molecule has 2 heteroatoms. The second kappa shape index (κ2) is 4.63. The summed E-state index contributed by atoms with van der Waals surface area (Å²) in [4.78, 5) is 0. The average Bonchev–Trinajstić information content (AvgIpc) is 2.69. The van der Waals surface area contributed by atoms with Crippen LogP contribution in [-0.2, 0) is 4.74 Å². The summed E-state index contributed by atoms with van der Waals surface area (Å²) in [6, 6.07) is 7.83. The monoisotopic (exact) mass is 208 g/mol. The summed E-state index contributed by atoms with van der Waals surface area (Å²) in [7, 11) is 0. The van der Waals surface area contributed by atoms with Crippen LogP contribution in [0.15, 0.2) is 30.3 Å². The van der Waals surface area contributed by atoms with Crippen LogP contribution < -0.4 is 0 Å². The minimum Gasteiger partial charge on any atom is -0.374 e. The van der Waals surface area contributed by atoms with E-state index < -0.39 is 0 Å². The molecule has 0 saturated carbocycles. The van der Waals surface area contributed by atoms with Gasteiger partial charge in [0.05, 0.1) is 6.10 Å². The van der Waals surface area contributed by atoms with E-state index >= 15 is 0 Å². The van der Waals surface area contributed by atoms with Crippen LogP contribution in [-0.4, -0.2) is 12.7 Å². The molecule has 14 heavy (non-hydrogen) atoms. The van der Waals surface area contributed by atoms with Gasteiger partial charge in [0, 0.05) is 11.6 Å². The summed E-state index contributed by atoms with van der Waals surface area (Å²) in [5.41, 5.74) is 1.06. The van der Waals surface area contributed by atoms with Crippen LogP contribution in [0.4, 0.5) is 0 Å². The van der Waals surface area contributed by atoms with Crippen LogP contribution in [0.25, 0.3) is 6.08 Å². The van der Waals surface area contributed by atoms with Crippen molar-refractivity contribution in [2.75, 3.05) is 6.61 Å². The minimum atomic E-state index is 0.284. The summed E-state index contributed by atoms with van der Waals surface area (Å²) in [5.74, 6) is 0. The van der Waals surface area contributed by atoms with Gasteiger partial charge in [-0.05, 0) is 24.5 Å². The molecule has 1 aliphatic heterocycles. The van der Waals surface area contributed by atoms with E-state index in [-0.39, 0.29) is 6.10 Å². The van der Waals surface area contributed by atoms with Crippen molar-refractivity contribution in [2.45, 2.75) is 18.9 Å². The zero-order valence-corrected chi connectivity index (χ0v) is 8.70. The molecule has 0 spiro atoms. The standard InChI is InChI=1S/C12H13ClO/c13-12-6-2-1-4-10(12)7-8-11-5-3-9-14-11/h1-2,4,6-8,11H,3,5,9H2. The van der Waals surface area contributed by atoms with E-state index in [0.29, 0.717) is 0 Å². The number of benzene rings is 1. The molecule has 1 nitrogen and oxygen atoms in total. The molecule has 0 amide bonds. The highest BCUT2D eigenvalue weighted by atomic mass is 35.5. The Morgan fingerprint density at radius 3 is 2.93 bits per heavy atom. The number of ether oxygens (including phenoxy) is 1. The molecular weight excluding hydrogens is 196 g/mol. The van der Waals surface area contributed by atoms with Gasteiger partial charge in [-0.3, -0.25) is 0 Å². The second-order valence-electron chi connectivity index (χ2n) is 3.43. The Morgan fingerprint density at radius 1 is 1.36 bits per heavy atom. The Kier molecular flexibility index (Phi) is 3.22. The Bertz CT molecular complexity index is 327. The van der Waals surface area contributed by atoms with Crippen molar-refractivity contribution in [3.05, 3.63) is 40.9 Å². The van der Waals surface area contributed by atoms with Gasteiger partial charge in [0.25, 0.3) is 0 Å². The Morgan fingerprint density at radius 2 is 2.21 bits per heavy atom. The van der Waals surface area contributed by atoms with Gasteiger partial charge in [-0.1, -0.05) is 42.0 Å². The summed E-state index contributed by atoms with van der Waals surface area (Å²) in [6.45, 7) is 0.886. The molecule has 1 unspecified atom stereocenters. The predicted molar refractivity (Wildman–Crippen MR) is 59.5 cm³/mol. The number of halogens is 1. The van der Waals surface area contributed by atoms with Gasteiger partial charge in [0.15, 0.2) is 0 Å². The molecule has 1 aromatic rings. The fraction of sp³-hybridized carbons (Fsp3) is 0.333. The van der Waals surface area contributed by atoms with Gasteiger partial charge in [0.1, 0.15) is 0 Å². The quantitative estimate of drug-likeness (QED) is 0.723. The van der Waals surface area contributed by atoms with Gasteiger partial charge < -0.3 is 4.74 Å². The molecule has 1 aromatic carbocycles.